The summed E-state index contributed by atoms with van der Waals surface area (Å²) in [6, 6.07) is 0. The predicted octanol–water partition coefficient (Wildman–Crippen LogP) is 0.548. The Morgan fingerprint density at radius 1 is 1.53 bits per heavy atom. The molecule has 0 spiro atoms. The lowest BCUT2D eigenvalue weighted by atomic mass is 9.99. The van der Waals surface area contributed by atoms with E-state index in [2.05, 4.69) is 0 Å². The first-order valence-electron chi connectivity index (χ1n) is 5.08. The topological polar surface area (TPSA) is 66.8 Å². The zero-order valence-electron chi connectivity index (χ0n) is 8.72. The normalized spacial score (nSPS) is 24.9. The Hall–Kier alpha value is -1.13. The van der Waals surface area contributed by atoms with Crippen molar-refractivity contribution in [2.45, 2.75) is 32.0 Å². The minimum atomic E-state index is -1.18. The Bertz CT molecular complexity index is 280. The summed E-state index contributed by atoms with van der Waals surface area (Å²) < 4.78 is 4.93. The van der Waals surface area contributed by atoms with Gasteiger partial charge in [-0.3, -0.25) is 0 Å². The van der Waals surface area contributed by atoms with Crippen molar-refractivity contribution in [2.24, 2.45) is 0 Å². The van der Waals surface area contributed by atoms with E-state index in [9.17, 15) is 15.0 Å². The third kappa shape index (κ3) is 3.18. The van der Waals surface area contributed by atoms with Gasteiger partial charge in [0.05, 0.1) is 12.2 Å². The minimum absolute atomic E-state index is 0.112. The molecule has 0 saturated carbocycles. The highest BCUT2D eigenvalue weighted by atomic mass is 16.5. The van der Waals surface area contributed by atoms with Crippen LogP contribution in [-0.4, -0.2) is 35.0 Å². The summed E-state index contributed by atoms with van der Waals surface area (Å²) >= 11 is 0. The summed E-state index contributed by atoms with van der Waals surface area (Å²) in [7, 11) is 0. The van der Waals surface area contributed by atoms with Gasteiger partial charge in [0.25, 0.3) is 0 Å². The van der Waals surface area contributed by atoms with Gasteiger partial charge < -0.3 is 14.9 Å². The molecule has 0 saturated heterocycles. The van der Waals surface area contributed by atoms with Crippen molar-refractivity contribution in [3.8, 4) is 0 Å². The van der Waals surface area contributed by atoms with Gasteiger partial charge in [0.1, 0.15) is 12.2 Å². The highest BCUT2D eigenvalue weighted by molar-refractivity contribution is 5.90. The molecule has 0 unspecified atom stereocenters. The summed E-state index contributed by atoms with van der Waals surface area (Å²) in [6.45, 7) is 2.34. The number of aliphatic hydroxyl groups excluding tert-OH is 2. The van der Waals surface area contributed by atoms with Crippen molar-refractivity contribution < 1.29 is 19.7 Å². The maximum absolute atomic E-state index is 11.4. The molecule has 0 radical (unpaired) electrons. The predicted molar refractivity (Wildman–Crippen MR) is 55.1 cm³/mol. The van der Waals surface area contributed by atoms with E-state index in [0.29, 0.717) is 6.61 Å². The van der Waals surface area contributed by atoms with Crippen molar-refractivity contribution in [3.05, 3.63) is 23.8 Å². The zero-order valence-corrected chi connectivity index (χ0v) is 8.72. The summed E-state index contributed by atoms with van der Waals surface area (Å²) in [5.41, 5.74) is 0.112. The van der Waals surface area contributed by atoms with E-state index in [-0.39, 0.29) is 5.57 Å². The summed E-state index contributed by atoms with van der Waals surface area (Å²) in [6.07, 6.45) is 3.96. The van der Waals surface area contributed by atoms with Crippen LogP contribution in [0.2, 0.25) is 0 Å². The molecule has 15 heavy (non-hydrogen) atoms. The number of esters is 1. The van der Waals surface area contributed by atoms with Crippen LogP contribution in [0.25, 0.3) is 0 Å². The van der Waals surface area contributed by atoms with E-state index in [0.717, 1.165) is 12.8 Å². The van der Waals surface area contributed by atoms with E-state index in [1.54, 1.807) is 0 Å². The zero-order chi connectivity index (χ0) is 11.3. The quantitative estimate of drug-likeness (QED) is 0.527. The summed E-state index contributed by atoms with van der Waals surface area (Å²) in [4.78, 5) is 11.4. The fraction of sp³-hybridized carbons (Fsp3) is 0.545. The maximum atomic E-state index is 11.4. The van der Waals surface area contributed by atoms with Crippen molar-refractivity contribution in [2.75, 3.05) is 6.61 Å². The molecule has 1 rings (SSSR count). The molecule has 0 aromatic rings. The molecule has 0 aromatic heterocycles. The molecular weight excluding hydrogens is 196 g/mol. The second-order valence-corrected chi connectivity index (χ2v) is 3.43. The van der Waals surface area contributed by atoms with Crippen LogP contribution in [0.15, 0.2) is 23.8 Å². The molecule has 0 aliphatic heterocycles. The van der Waals surface area contributed by atoms with Gasteiger partial charge in [-0.2, -0.15) is 0 Å². The molecular formula is C11H16O4. The second kappa shape index (κ2) is 5.68. The van der Waals surface area contributed by atoms with Crippen LogP contribution in [0.5, 0.6) is 0 Å². The number of ether oxygens (including phenoxy) is 1. The molecule has 0 bridgehead atoms. The number of unbranched alkanes of at least 4 members (excludes halogenated alkanes) is 1. The highest BCUT2D eigenvalue weighted by Gasteiger charge is 2.26. The Labute approximate surface area is 88.9 Å². The molecule has 1 aliphatic rings. The Morgan fingerprint density at radius 2 is 2.27 bits per heavy atom. The minimum Gasteiger partial charge on any atom is -0.462 e. The number of allylic oxidation sites excluding steroid dienone is 2. The third-order valence-electron chi connectivity index (χ3n) is 2.19. The summed E-state index contributed by atoms with van der Waals surface area (Å²) in [5, 5.41) is 18.8. The lowest BCUT2D eigenvalue weighted by Gasteiger charge is -2.19. The van der Waals surface area contributed by atoms with E-state index in [1.807, 2.05) is 6.92 Å². The molecule has 2 N–H and O–H groups in total. The van der Waals surface area contributed by atoms with E-state index in [1.165, 1.54) is 18.2 Å². The van der Waals surface area contributed by atoms with Crippen LogP contribution in [0.1, 0.15) is 19.8 Å². The lowest BCUT2D eigenvalue weighted by Crippen LogP contribution is -2.32. The molecule has 0 aromatic carbocycles. The number of hydrogen-bond acceptors (Lipinski definition) is 4. The first-order chi connectivity index (χ1) is 7.16. The fourth-order valence-corrected chi connectivity index (χ4v) is 1.24. The Morgan fingerprint density at radius 3 is 2.93 bits per heavy atom. The molecule has 4 heteroatoms. The van der Waals surface area contributed by atoms with Gasteiger partial charge in [0.15, 0.2) is 0 Å². The van der Waals surface area contributed by atoms with Gasteiger partial charge in [0, 0.05) is 0 Å². The first-order valence-corrected chi connectivity index (χ1v) is 5.08. The number of carbonyl (C=O) groups excluding carboxylic acids is 1. The second-order valence-electron chi connectivity index (χ2n) is 3.43. The number of rotatable bonds is 4. The Kier molecular flexibility index (Phi) is 4.52. The van der Waals surface area contributed by atoms with Crippen molar-refractivity contribution >= 4 is 5.97 Å². The van der Waals surface area contributed by atoms with E-state index < -0.39 is 18.2 Å². The maximum Gasteiger partial charge on any atom is 0.336 e. The SMILES string of the molecule is CCCCOC(=O)C1=CC=C[C@H](O)[C@@H]1O. The Balaban J connectivity index is 2.51. The van der Waals surface area contributed by atoms with Crippen molar-refractivity contribution in [3.63, 3.8) is 0 Å². The van der Waals surface area contributed by atoms with Gasteiger partial charge in [-0.05, 0) is 12.5 Å². The highest BCUT2D eigenvalue weighted by Crippen LogP contribution is 2.15. The van der Waals surface area contributed by atoms with Crippen molar-refractivity contribution in [1.82, 2.24) is 0 Å². The van der Waals surface area contributed by atoms with Gasteiger partial charge in [0.2, 0.25) is 0 Å². The van der Waals surface area contributed by atoms with Crippen LogP contribution < -0.4 is 0 Å². The average molecular weight is 212 g/mol. The van der Waals surface area contributed by atoms with Crippen LogP contribution in [-0.2, 0) is 9.53 Å². The van der Waals surface area contributed by atoms with Gasteiger partial charge in [-0.25, -0.2) is 4.79 Å². The molecule has 0 heterocycles. The fourth-order valence-electron chi connectivity index (χ4n) is 1.24. The van der Waals surface area contributed by atoms with Crippen LogP contribution in [0.3, 0.4) is 0 Å². The van der Waals surface area contributed by atoms with Gasteiger partial charge in [-0.15, -0.1) is 0 Å². The van der Waals surface area contributed by atoms with Crippen LogP contribution in [0, 0.1) is 0 Å². The molecule has 0 fully saturated rings. The number of carbonyl (C=O) groups is 1. The monoisotopic (exact) mass is 212 g/mol. The molecule has 4 nitrogen and oxygen atoms in total. The van der Waals surface area contributed by atoms with E-state index >= 15 is 0 Å². The number of aliphatic hydroxyl groups is 2. The van der Waals surface area contributed by atoms with E-state index in [4.69, 9.17) is 4.74 Å². The molecule has 84 valence electrons. The smallest absolute Gasteiger partial charge is 0.336 e. The van der Waals surface area contributed by atoms with Crippen molar-refractivity contribution in [1.29, 1.82) is 0 Å². The molecule has 2 atom stereocenters. The van der Waals surface area contributed by atoms with Crippen LogP contribution in [0.4, 0.5) is 0 Å². The largest absolute Gasteiger partial charge is 0.462 e. The van der Waals surface area contributed by atoms with Gasteiger partial charge in [-0.1, -0.05) is 25.5 Å². The van der Waals surface area contributed by atoms with Gasteiger partial charge >= 0.3 is 5.97 Å². The number of hydrogen-bond donors (Lipinski definition) is 2. The van der Waals surface area contributed by atoms with Crippen LogP contribution >= 0.6 is 0 Å². The standard InChI is InChI=1S/C11H16O4/c1-2-3-7-15-11(14)8-5-4-6-9(12)10(8)13/h4-6,9-10,12-13H,2-3,7H2,1H3/t9-,10+/m0/s1. The average Bonchev–Trinajstić information content (AvgIpc) is 2.22. The summed E-state index contributed by atoms with van der Waals surface area (Å²) in [5.74, 6) is -0.556. The molecule has 0 amide bonds. The molecule has 1 aliphatic carbocycles. The third-order valence-corrected chi connectivity index (χ3v) is 2.19. The lowest BCUT2D eigenvalue weighted by molar-refractivity contribution is -0.141. The first kappa shape index (κ1) is 11.9.